The van der Waals surface area contributed by atoms with Crippen LogP contribution in [0, 0.1) is 12.8 Å². The van der Waals surface area contributed by atoms with Crippen molar-refractivity contribution in [2.75, 3.05) is 5.88 Å². The number of halogens is 1. The first-order chi connectivity index (χ1) is 8.52. The highest BCUT2D eigenvalue weighted by Crippen LogP contribution is 2.08. The van der Waals surface area contributed by atoms with Gasteiger partial charge < -0.3 is 5.32 Å². The lowest BCUT2D eigenvalue weighted by atomic mass is 10.0. The van der Waals surface area contributed by atoms with Gasteiger partial charge in [-0.3, -0.25) is 4.79 Å². The summed E-state index contributed by atoms with van der Waals surface area (Å²) in [5.74, 6) is 0.967. The molecule has 0 aliphatic heterocycles. The maximum absolute atomic E-state index is 11.8. The molecule has 0 spiro atoms. The van der Waals surface area contributed by atoms with Crippen molar-refractivity contribution in [1.29, 1.82) is 0 Å². The monoisotopic (exact) mass is 267 g/mol. The summed E-state index contributed by atoms with van der Waals surface area (Å²) in [6, 6.07) is 8.41. The number of alkyl halides is 1. The zero-order chi connectivity index (χ0) is 13.5. The van der Waals surface area contributed by atoms with Crippen LogP contribution in [0.5, 0.6) is 0 Å². The molecule has 0 saturated carbocycles. The van der Waals surface area contributed by atoms with Gasteiger partial charge in [0.2, 0.25) is 5.91 Å². The average Bonchev–Trinajstić information content (AvgIpc) is 2.35. The molecule has 2 nitrogen and oxygen atoms in total. The first-order valence-corrected chi connectivity index (χ1v) is 6.97. The zero-order valence-electron chi connectivity index (χ0n) is 11.4. The topological polar surface area (TPSA) is 29.1 Å². The predicted molar refractivity (Wildman–Crippen MR) is 77.0 cm³/mol. The first kappa shape index (κ1) is 15.0. The summed E-state index contributed by atoms with van der Waals surface area (Å²) in [5.41, 5.74) is 2.44. The van der Waals surface area contributed by atoms with E-state index < -0.39 is 0 Å². The minimum atomic E-state index is 0.0981. The number of amides is 1. The van der Waals surface area contributed by atoms with E-state index in [0.29, 0.717) is 18.2 Å². The van der Waals surface area contributed by atoms with Gasteiger partial charge in [0.05, 0.1) is 0 Å². The molecule has 0 saturated heterocycles. The molecule has 1 rings (SSSR count). The highest BCUT2D eigenvalue weighted by Gasteiger charge is 2.13. The van der Waals surface area contributed by atoms with Crippen molar-refractivity contribution in [3.8, 4) is 0 Å². The molecule has 1 N–H and O–H groups in total. The van der Waals surface area contributed by atoms with Crippen molar-refractivity contribution in [2.45, 2.75) is 39.7 Å². The summed E-state index contributed by atoms with van der Waals surface area (Å²) in [7, 11) is 0. The van der Waals surface area contributed by atoms with Crippen molar-refractivity contribution < 1.29 is 4.79 Å². The normalized spacial score (nSPS) is 14.0. The summed E-state index contributed by atoms with van der Waals surface area (Å²) in [5, 5.41) is 2.99. The van der Waals surface area contributed by atoms with E-state index in [0.717, 1.165) is 6.42 Å². The minimum Gasteiger partial charge on any atom is -0.353 e. The van der Waals surface area contributed by atoms with Gasteiger partial charge in [0.25, 0.3) is 0 Å². The van der Waals surface area contributed by atoms with Crippen LogP contribution < -0.4 is 5.32 Å². The Morgan fingerprint density at radius 2 is 2.11 bits per heavy atom. The third-order valence-corrected chi connectivity index (χ3v) is 3.70. The lowest BCUT2D eigenvalue weighted by Crippen LogP contribution is -2.37. The number of hydrogen-bond acceptors (Lipinski definition) is 1. The summed E-state index contributed by atoms with van der Waals surface area (Å²) >= 11 is 5.77. The summed E-state index contributed by atoms with van der Waals surface area (Å²) in [6.07, 6.45) is 1.32. The summed E-state index contributed by atoms with van der Waals surface area (Å²) in [6.45, 7) is 6.10. The Hall–Kier alpha value is -1.02. The molecule has 0 radical (unpaired) electrons. The molecule has 18 heavy (non-hydrogen) atoms. The smallest absolute Gasteiger partial charge is 0.220 e. The van der Waals surface area contributed by atoms with Crippen molar-refractivity contribution in [3.63, 3.8) is 0 Å². The van der Waals surface area contributed by atoms with Gasteiger partial charge in [0.15, 0.2) is 0 Å². The molecule has 0 aliphatic rings. The van der Waals surface area contributed by atoms with Gasteiger partial charge in [0.1, 0.15) is 0 Å². The van der Waals surface area contributed by atoms with Gasteiger partial charge in [0, 0.05) is 18.3 Å². The van der Waals surface area contributed by atoms with Crippen LogP contribution in [0.25, 0.3) is 0 Å². The molecule has 2 atom stereocenters. The maximum Gasteiger partial charge on any atom is 0.220 e. The van der Waals surface area contributed by atoms with E-state index in [1.807, 2.05) is 19.9 Å². The third kappa shape index (κ3) is 5.09. The van der Waals surface area contributed by atoms with Gasteiger partial charge in [-0.15, -0.1) is 11.6 Å². The van der Waals surface area contributed by atoms with Crippen LogP contribution in [0.3, 0.4) is 0 Å². The summed E-state index contributed by atoms with van der Waals surface area (Å²) in [4.78, 5) is 11.8. The number of carbonyl (C=O) groups is 1. The SMILES string of the molecule is Cc1cccc(CCC(=O)NC(C)C(C)CCl)c1. The van der Waals surface area contributed by atoms with E-state index in [2.05, 4.69) is 30.4 Å². The Bertz CT molecular complexity index is 392. The van der Waals surface area contributed by atoms with E-state index in [9.17, 15) is 4.79 Å². The van der Waals surface area contributed by atoms with Gasteiger partial charge in [-0.25, -0.2) is 0 Å². The molecule has 0 fully saturated rings. The second-order valence-corrected chi connectivity index (χ2v) is 5.29. The number of aryl methyl sites for hydroxylation is 2. The van der Waals surface area contributed by atoms with Gasteiger partial charge in [-0.05, 0) is 31.7 Å². The highest BCUT2D eigenvalue weighted by molar-refractivity contribution is 6.18. The number of hydrogen-bond donors (Lipinski definition) is 1. The molecule has 0 bridgehead atoms. The minimum absolute atomic E-state index is 0.0981. The Morgan fingerprint density at radius 3 is 2.72 bits per heavy atom. The highest BCUT2D eigenvalue weighted by atomic mass is 35.5. The van der Waals surface area contributed by atoms with Crippen LogP contribution >= 0.6 is 11.6 Å². The molecule has 0 aliphatic carbocycles. The predicted octanol–water partition coefficient (Wildman–Crippen LogP) is 3.31. The molecule has 2 unspecified atom stereocenters. The van der Waals surface area contributed by atoms with Crippen LogP contribution in [0.4, 0.5) is 0 Å². The second-order valence-electron chi connectivity index (χ2n) is 4.98. The lowest BCUT2D eigenvalue weighted by Gasteiger charge is -2.19. The van der Waals surface area contributed by atoms with Crippen LogP contribution in [0.2, 0.25) is 0 Å². The van der Waals surface area contributed by atoms with Gasteiger partial charge in [-0.1, -0.05) is 36.8 Å². The van der Waals surface area contributed by atoms with Crippen molar-refractivity contribution >= 4 is 17.5 Å². The van der Waals surface area contributed by atoms with Crippen LogP contribution in [0.1, 0.15) is 31.4 Å². The van der Waals surface area contributed by atoms with E-state index in [1.54, 1.807) is 0 Å². The average molecular weight is 268 g/mol. The summed E-state index contributed by atoms with van der Waals surface area (Å²) < 4.78 is 0. The molecule has 1 amide bonds. The maximum atomic E-state index is 11.8. The molecule has 0 aromatic heterocycles. The Labute approximate surface area is 115 Å². The fraction of sp³-hybridized carbons (Fsp3) is 0.533. The van der Waals surface area contributed by atoms with Gasteiger partial charge >= 0.3 is 0 Å². The fourth-order valence-corrected chi connectivity index (χ4v) is 1.99. The van der Waals surface area contributed by atoms with Crippen molar-refractivity contribution in [1.82, 2.24) is 5.32 Å². The first-order valence-electron chi connectivity index (χ1n) is 6.43. The van der Waals surface area contributed by atoms with Crippen molar-refractivity contribution in [3.05, 3.63) is 35.4 Å². The lowest BCUT2D eigenvalue weighted by molar-refractivity contribution is -0.121. The number of nitrogens with one attached hydrogen (secondary N) is 1. The van der Waals surface area contributed by atoms with Crippen LogP contribution in [0.15, 0.2) is 24.3 Å². The molecule has 1 aromatic carbocycles. The largest absolute Gasteiger partial charge is 0.353 e. The van der Waals surface area contributed by atoms with Crippen LogP contribution in [-0.2, 0) is 11.2 Å². The van der Waals surface area contributed by atoms with Crippen LogP contribution in [-0.4, -0.2) is 17.8 Å². The standard InChI is InChI=1S/C15H22ClNO/c1-11-5-4-6-14(9-11)7-8-15(18)17-13(3)12(2)10-16/h4-6,9,12-13H,7-8,10H2,1-3H3,(H,17,18). The van der Waals surface area contributed by atoms with E-state index in [1.165, 1.54) is 11.1 Å². The molecular weight excluding hydrogens is 246 g/mol. The van der Waals surface area contributed by atoms with Crippen molar-refractivity contribution in [2.24, 2.45) is 5.92 Å². The van der Waals surface area contributed by atoms with E-state index >= 15 is 0 Å². The molecule has 1 aromatic rings. The van der Waals surface area contributed by atoms with Gasteiger partial charge in [-0.2, -0.15) is 0 Å². The van der Waals surface area contributed by atoms with E-state index in [4.69, 9.17) is 11.6 Å². The zero-order valence-corrected chi connectivity index (χ0v) is 12.1. The number of rotatable bonds is 6. The number of benzene rings is 1. The second kappa shape index (κ2) is 7.42. The third-order valence-electron chi connectivity index (χ3n) is 3.21. The van der Waals surface area contributed by atoms with E-state index in [-0.39, 0.29) is 11.9 Å². The Balaban J connectivity index is 2.37. The number of carbonyl (C=O) groups excluding carboxylic acids is 1. The Kier molecular flexibility index (Phi) is 6.20. The molecular formula is C15H22ClNO. The molecule has 3 heteroatoms. The molecule has 100 valence electrons. The quantitative estimate of drug-likeness (QED) is 0.788. The molecule has 0 heterocycles. The fourth-order valence-electron chi connectivity index (χ4n) is 1.73. The Morgan fingerprint density at radius 1 is 1.39 bits per heavy atom.